The van der Waals surface area contributed by atoms with E-state index in [9.17, 15) is 14.9 Å². The molecule has 1 fully saturated rings. The topological polar surface area (TPSA) is 111 Å². The summed E-state index contributed by atoms with van der Waals surface area (Å²) < 4.78 is 5.11. The largest absolute Gasteiger partial charge is 0.481 e. The quantitative estimate of drug-likeness (QED) is 0.466. The number of carbonyl (C=O) groups is 2. The van der Waals surface area contributed by atoms with E-state index in [2.05, 4.69) is 42.2 Å². The van der Waals surface area contributed by atoms with Crippen LogP contribution in [0.15, 0.2) is 67.1 Å². The second-order valence-electron chi connectivity index (χ2n) is 10.2. The summed E-state index contributed by atoms with van der Waals surface area (Å²) >= 11 is 0. The van der Waals surface area contributed by atoms with Gasteiger partial charge in [-0.15, -0.1) is 0 Å². The molecule has 1 aliphatic heterocycles. The number of methoxy groups -OCH3 is 1. The van der Waals surface area contributed by atoms with Crippen molar-refractivity contribution in [2.75, 3.05) is 23.9 Å². The Morgan fingerprint density at radius 1 is 1.16 bits per heavy atom. The van der Waals surface area contributed by atoms with Gasteiger partial charge in [0, 0.05) is 36.3 Å². The molecule has 0 aliphatic carbocycles. The Morgan fingerprint density at radius 2 is 1.92 bits per heavy atom. The summed E-state index contributed by atoms with van der Waals surface area (Å²) in [5, 5.41) is 12.6. The minimum absolute atomic E-state index is 0.0854. The number of likely N-dealkylation sites (tertiary alicyclic amines) is 1. The van der Waals surface area contributed by atoms with Crippen molar-refractivity contribution in [2.45, 2.75) is 51.1 Å². The summed E-state index contributed by atoms with van der Waals surface area (Å²) in [6.45, 7) is 6.85. The van der Waals surface area contributed by atoms with Crippen LogP contribution in [0.1, 0.15) is 50.8 Å². The first-order valence-corrected chi connectivity index (χ1v) is 12.5. The van der Waals surface area contributed by atoms with Gasteiger partial charge in [0.15, 0.2) is 6.19 Å². The smallest absolute Gasteiger partial charge is 0.252 e. The van der Waals surface area contributed by atoms with Crippen LogP contribution in [-0.2, 0) is 15.0 Å². The number of ether oxygens (including phenoxy) is 1. The lowest BCUT2D eigenvalue weighted by Crippen LogP contribution is -2.49. The van der Waals surface area contributed by atoms with Crippen molar-refractivity contribution in [3.05, 3.63) is 78.2 Å². The Morgan fingerprint density at radius 3 is 2.50 bits per heavy atom. The minimum Gasteiger partial charge on any atom is -0.481 e. The molecule has 2 aromatic heterocycles. The summed E-state index contributed by atoms with van der Waals surface area (Å²) in [5.74, 6) is -0.329. The monoisotopic (exact) mass is 512 g/mol. The number of rotatable bonds is 7. The molecule has 1 saturated heterocycles. The molecule has 9 nitrogen and oxygen atoms in total. The van der Waals surface area contributed by atoms with E-state index in [0.717, 1.165) is 12.0 Å². The van der Waals surface area contributed by atoms with Crippen molar-refractivity contribution in [3.8, 4) is 12.1 Å². The number of nitrogens with one attached hydrogen (secondary N) is 1. The second-order valence-corrected chi connectivity index (χ2v) is 10.2. The van der Waals surface area contributed by atoms with Crippen molar-refractivity contribution in [1.29, 1.82) is 5.26 Å². The number of anilines is 2. The molecule has 9 heteroatoms. The number of benzene rings is 1. The van der Waals surface area contributed by atoms with Gasteiger partial charge in [-0.3, -0.25) is 24.4 Å². The molecule has 4 rings (SSSR count). The predicted octanol–water partition coefficient (Wildman–Crippen LogP) is 4.44. The van der Waals surface area contributed by atoms with Gasteiger partial charge in [0.1, 0.15) is 12.1 Å². The lowest BCUT2D eigenvalue weighted by atomic mass is 9.87. The number of nitriles is 1. The summed E-state index contributed by atoms with van der Waals surface area (Å²) in [5.41, 5.74) is 2.57. The second kappa shape index (κ2) is 11.3. The molecule has 0 bridgehead atoms. The maximum atomic E-state index is 14.2. The molecular formula is C29H32N6O3. The zero-order valence-corrected chi connectivity index (χ0v) is 22.1. The lowest BCUT2D eigenvalue weighted by Gasteiger charge is -2.34. The van der Waals surface area contributed by atoms with E-state index in [0.29, 0.717) is 35.8 Å². The highest BCUT2D eigenvalue weighted by Gasteiger charge is 2.40. The van der Waals surface area contributed by atoms with E-state index >= 15 is 0 Å². The van der Waals surface area contributed by atoms with E-state index in [4.69, 9.17) is 4.74 Å². The average Bonchev–Trinajstić information content (AvgIpc) is 3.41. The van der Waals surface area contributed by atoms with Crippen LogP contribution < -0.4 is 15.0 Å². The molecule has 1 N–H and O–H groups in total. The highest BCUT2D eigenvalue weighted by Crippen LogP contribution is 2.33. The molecule has 1 aliphatic rings. The fraction of sp³-hybridized carbons (Fsp3) is 0.345. The third kappa shape index (κ3) is 5.75. The Bertz CT molecular complexity index is 1300. The van der Waals surface area contributed by atoms with E-state index in [1.165, 1.54) is 23.1 Å². The Balaban J connectivity index is 1.80. The molecule has 2 atom stereocenters. The van der Waals surface area contributed by atoms with E-state index in [-0.39, 0.29) is 11.3 Å². The zero-order valence-electron chi connectivity index (χ0n) is 22.1. The first-order valence-electron chi connectivity index (χ1n) is 12.5. The van der Waals surface area contributed by atoms with Crippen LogP contribution in [0.4, 0.5) is 11.4 Å². The van der Waals surface area contributed by atoms with Crippen molar-refractivity contribution in [1.82, 2.24) is 14.9 Å². The molecule has 1 aromatic carbocycles. The van der Waals surface area contributed by atoms with Gasteiger partial charge in [0.25, 0.3) is 11.8 Å². The average molecular weight is 513 g/mol. The number of carbonyl (C=O) groups excluding carboxylic acids is 2. The molecule has 3 aromatic rings. The predicted molar refractivity (Wildman–Crippen MR) is 144 cm³/mol. The standard InChI is InChI=1S/C29H32N6O3/c1-29(2,3)21-9-12-23(13-10-21)35(28(37)24-8-6-16-34(24)19-30)26(20-7-5-15-31-17-20)27(36)33-22-11-14-25(38-4)32-18-22/h5,7,9-15,17-18,24,26H,6,8,16H2,1-4H3,(H,33,36). The fourth-order valence-corrected chi connectivity index (χ4v) is 4.57. The SMILES string of the molecule is COc1ccc(NC(=O)C(c2cccnc2)N(C(=O)C2CCCN2C#N)c2ccc(C(C)(C)C)cc2)cn1. The molecule has 0 radical (unpaired) electrons. The van der Waals surface area contributed by atoms with Gasteiger partial charge in [0.05, 0.1) is 19.0 Å². The van der Waals surface area contributed by atoms with Crippen LogP contribution in [0.5, 0.6) is 5.88 Å². The van der Waals surface area contributed by atoms with Crippen LogP contribution in [-0.4, -0.2) is 46.4 Å². The van der Waals surface area contributed by atoms with Crippen molar-refractivity contribution < 1.29 is 14.3 Å². The van der Waals surface area contributed by atoms with Crippen LogP contribution in [0.25, 0.3) is 0 Å². The van der Waals surface area contributed by atoms with E-state index in [1.807, 2.05) is 24.3 Å². The number of hydrogen-bond acceptors (Lipinski definition) is 7. The van der Waals surface area contributed by atoms with Crippen molar-refractivity contribution in [3.63, 3.8) is 0 Å². The Kier molecular flexibility index (Phi) is 7.91. The Hall–Kier alpha value is -4.45. The lowest BCUT2D eigenvalue weighted by molar-refractivity contribution is -0.126. The molecular weight excluding hydrogens is 480 g/mol. The molecule has 0 saturated carbocycles. The van der Waals surface area contributed by atoms with Crippen LogP contribution in [0, 0.1) is 11.5 Å². The van der Waals surface area contributed by atoms with Crippen molar-refractivity contribution in [2.24, 2.45) is 0 Å². The van der Waals surface area contributed by atoms with Gasteiger partial charge in [-0.1, -0.05) is 39.0 Å². The molecule has 2 unspecified atom stereocenters. The number of aromatic nitrogens is 2. The third-order valence-electron chi connectivity index (χ3n) is 6.63. The van der Waals surface area contributed by atoms with Crippen LogP contribution in [0.2, 0.25) is 0 Å². The van der Waals surface area contributed by atoms with E-state index in [1.54, 1.807) is 36.7 Å². The highest BCUT2D eigenvalue weighted by atomic mass is 16.5. The van der Waals surface area contributed by atoms with E-state index < -0.39 is 18.0 Å². The summed E-state index contributed by atoms with van der Waals surface area (Å²) in [4.78, 5) is 39.4. The number of hydrogen-bond donors (Lipinski definition) is 1. The van der Waals surface area contributed by atoms with Crippen LogP contribution in [0.3, 0.4) is 0 Å². The molecule has 196 valence electrons. The zero-order chi connectivity index (χ0) is 27.3. The minimum atomic E-state index is -1.04. The molecule has 0 spiro atoms. The number of nitrogens with zero attached hydrogens (tertiary/aromatic N) is 5. The van der Waals surface area contributed by atoms with Gasteiger partial charge >= 0.3 is 0 Å². The number of pyridine rings is 2. The fourth-order valence-electron chi connectivity index (χ4n) is 4.57. The van der Waals surface area contributed by atoms with Crippen LogP contribution >= 0.6 is 0 Å². The van der Waals surface area contributed by atoms with Gasteiger partial charge in [-0.2, -0.15) is 5.26 Å². The molecule has 2 amide bonds. The normalized spacial score (nSPS) is 15.9. The maximum absolute atomic E-state index is 14.2. The first-order chi connectivity index (χ1) is 18.2. The number of amides is 2. The summed E-state index contributed by atoms with van der Waals surface area (Å²) in [6, 6.07) is 12.8. The first kappa shape index (κ1) is 26.6. The summed E-state index contributed by atoms with van der Waals surface area (Å²) in [7, 11) is 1.51. The van der Waals surface area contributed by atoms with Gasteiger partial charge in [-0.05, 0) is 48.1 Å². The van der Waals surface area contributed by atoms with Crippen molar-refractivity contribution >= 4 is 23.2 Å². The highest BCUT2D eigenvalue weighted by molar-refractivity contribution is 6.07. The Labute approximate surface area is 223 Å². The van der Waals surface area contributed by atoms with Gasteiger partial charge < -0.3 is 10.1 Å². The molecule has 38 heavy (non-hydrogen) atoms. The third-order valence-corrected chi connectivity index (χ3v) is 6.63. The summed E-state index contributed by atoms with van der Waals surface area (Å²) in [6.07, 6.45) is 8.09. The maximum Gasteiger partial charge on any atom is 0.252 e. The molecule has 3 heterocycles. The van der Waals surface area contributed by atoms with Gasteiger partial charge in [-0.25, -0.2) is 4.98 Å². The van der Waals surface area contributed by atoms with Gasteiger partial charge in [0.2, 0.25) is 5.88 Å².